The van der Waals surface area contributed by atoms with Gasteiger partial charge < -0.3 is 5.32 Å². The zero-order valence-corrected chi connectivity index (χ0v) is 12.0. The predicted octanol–water partition coefficient (Wildman–Crippen LogP) is 2.86. The summed E-state index contributed by atoms with van der Waals surface area (Å²) in [6.45, 7) is 4.05. The Kier molecular flexibility index (Phi) is 4.07. The van der Waals surface area contributed by atoms with Crippen molar-refractivity contribution in [2.24, 2.45) is 0 Å². The van der Waals surface area contributed by atoms with Crippen molar-refractivity contribution in [3.05, 3.63) is 59.2 Å². The van der Waals surface area contributed by atoms with Gasteiger partial charge in [0.1, 0.15) is 5.82 Å². The Balaban J connectivity index is 1.71. The first-order chi connectivity index (χ1) is 9.86. The second-order valence-electron chi connectivity index (χ2n) is 5.46. The maximum atomic E-state index is 4.74. The molecule has 0 radical (unpaired) electrons. The number of aromatic nitrogens is 2. The average molecular weight is 267 g/mol. The molecule has 0 fully saturated rings. The van der Waals surface area contributed by atoms with Crippen molar-refractivity contribution >= 4 is 0 Å². The van der Waals surface area contributed by atoms with Gasteiger partial charge in [-0.15, -0.1) is 0 Å². The summed E-state index contributed by atoms with van der Waals surface area (Å²) in [6, 6.07) is 10.7. The van der Waals surface area contributed by atoms with Gasteiger partial charge in [0.15, 0.2) is 0 Å². The lowest BCUT2D eigenvalue weighted by molar-refractivity contribution is 0.637. The van der Waals surface area contributed by atoms with Gasteiger partial charge >= 0.3 is 0 Å². The van der Waals surface area contributed by atoms with Crippen molar-refractivity contribution in [3.8, 4) is 0 Å². The summed E-state index contributed by atoms with van der Waals surface area (Å²) >= 11 is 0. The van der Waals surface area contributed by atoms with E-state index in [4.69, 9.17) is 4.98 Å². The molecular weight excluding hydrogens is 246 g/mol. The first-order valence-electron chi connectivity index (χ1n) is 7.46. The normalized spacial score (nSPS) is 14.4. The fourth-order valence-electron chi connectivity index (χ4n) is 2.84. The van der Waals surface area contributed by atoms with Gasteiger partial charge in [-0.3, -0.25) is 0 Å². The van der Waals surface area contributed by atoms with E-state index in [9.17, 15) is 0 Å². The van der Waals surface area contributed by atoms with E-state index in [2.05, 4.69) is 41.5 Å². The highest BCUT2D eigenvalue weighted by molar-refractivity contribution is 5.35. The Morgan fingerprint density at radius 1 is 1.15 bits per heavy atom. The molecule has 0 aliphatic heterocycles. The third-order valence-corrected chi connectivity index (χ3v) is 3.88. The van der Waals surface area contributed by atoms with E-state index in [1.54, 1.807) is 0 Å². The van der Waals surface area contributed by atoms with Crippen molar-refractivity contribution in [1.82, 2.24) is 15.3 Å². The van der Waals surface area contributed by atoms with Gasteiger partial charge in [0.05, 0.1) is 5.69 Å². The predicted molar refractivity (Wildman–Crippen MR) is 80.6 cm³/mol. The second kappa shape index (κ2) is 6.14. The van der Waals surface area contributed by atoms with Gasteiger partial charge in [-0.1, -0.05) is 31.2 Å². The molecule has 1 aromatic heterocycles. The number of fused-ring (bicyclic) bond motifs is 1. The molecule has 1 heterocycles. The summed E-state index contributed by atoms with van der Waals surface area (Å²) < 4.78 is 0. The molecule has 0 spiro atoms. The number of rotatable bonds is 5. The molecule has 3 nitrogen and oxygen atoms in total. The number of hydrogen-bond acceptors (Lipinski definition) is 3. The van der Waals surface area contributed by atoms with Crippen molar-refractivity contribution in [2.45, 2.75) is 38.6 Å². The van der Waals surface area contributed by atoms with Crippen LogP contribution in [0, 0.1) is 0 Å². The zero-order valence-electron chi connectivity index (χ0n) is 12.0. The minimum atomic E-state index is 0.443. The molecule has 20 heavy (non-hydrogen) atoms. The van der Waals surface area contributed by atoms with Crippen LogP contribution in [0.3, 0.4) is 0 Å². The summed E-state index contributed by atoms with van der Waals surface area (Å²) in [6.07, 6.45) is 5.19. The monoisotopic (exact) mass is 267 g/mol. The maximum Gasteiger partial charge on any atom is 0.132 e. The maximum absolute atomic E-state index is 4.74. The van der Waals surface area contributed by atoms with Gasteiger partial charge in [-0.2, -0.15) is 0 Å². The zero-order chi connectivity index (χ0) is 13.8. The largest absolute Gasteiger partial charge is 0.311 e. The molecule has 0 bridgehead atoms. The smallest absolute Gasteiger partial charge is 0.132 e. The van der Waals surface area contributed by atoms with Gasteiger partial charge in [-0.25, -0.2) is 9.97 Å². The molecule has 2 aromatic rings. The van der Waals surface area contributed by atoms with Gasteiger partial charge in [0, 0.05) is 18.7 Å². The van der Waals surface area contributed by atoms with Crippen LogP contribution >= 0.6 is 0 Å². The first kappa shape index (κ1) is 13.3. The number of benzene rings is 1. The highest BCUT2D eigenvalue weighted by Crippen LogP contribution is 2.31. The summed E-state index contributed by atoms with van der Waals surface area (Å²) in [5.41, 5.74) is 4.01. The lowest BCUT2D eigenvalue weighted by atomic mass is 10.1. The van der Waals surface area contributed by atoms with E-state index in [0.717, 1.165) is 43.9 Å². The Bertz CT molecular complexity index is 555. The topological polar surface area (TPSA) is 37.8 Å². The van der Waals surface area contributed by atoms with E-state index < -0.39 is 0 Å². The van der Waals surface area contributed by atoms with Crippen LogP contribution in [-0.4, -0.2) is 16.5 Å². The highest BCUT2D eigenvalue weighted by atomic mass is 14.9. The Morgan fingerprint density at radius 3 is 2.60 bits per heavy atom. The Labute approximate surface area is 120 Å². The minimum Gasteiger partial charge on any atom is -0.311 e. The molecule has 0 unspecified atom stereocenters. The van der Waals surface area contributed by atoms with Crippen molar-refractivity contribution < 1.29 is 0 Å². The van der Waals surface area contributed by atoms with Crippen LogP contribution in [0.1, 0.15) is 41.9 Å². The minimum absolute atomic E-state index is 0.443. The van der Waals surface area contributed by atoms with Crippen LogP contribution in [0.15, 0.2) is 36.5 Å². The summed E-state index contributed by atoms with van der Waals surface area (Å²) in [5, 5.41) is 3.40. The van der Waals surface area contributed by atoms with Crippen LogP contribution in [0.5, 0.6) is 0 Å². The van der Waals surface area contributed by atoms with Gasteiger partial charge in [-0.05, 0) is 43.0 Å². The van der Waals surface area contributed by atoms with E-state index in [0.29, 0.717) is 5.92 Å². The van der Waals surface area contributed by atoms with E-state index in [1.807, 2.05) is 12.3 Å². The van der Waals surface area contributed by atoms with Crippen LogP contribution in [0.2, 0.25) is 0 Å². The van der Waals surface area contributed by atoms with Gasteiger partial charge in [0.2, 0.25) is 0 Å². The molecule has 104 valence electrons. The highest BCUT2D eigenvalue weighted by Gasteiger charge is 2.24. The molecule has 0 amide bonds. The van der Waals surface area contributed by atoms with E-state index in [1.165, 1.54) is 11.1 Å². The van der Waals surface area contributed by atoms with Crippen LogP contribution in [0.25, 0.3) is 0 Å². The fraction of sp³-hybridized carbons (Fsp3) is 0.412. The van der Waals surface area contributed by atoms with Crippen LogP contribution in [0.4, 0.5) is 0 Å². The molecule has 0 atom stereocenters. The third-order valence-electron chi connectivity index (χ3n) is 3.88. The van der Waals surface area contributed by atoms with Crippen molar-refractivity contribution in [2.75, 3.05) is 6.54 Å². The SMILES string of the molecule is CCCNCc1ccnc(C2Cc3ccccc3C2)n1. The van der Waals surface area contributed by atoms with Crippen LogP contribution < -0.4 is 5.32 Å². The first-order valence-corrected chi connectivity index (χ1v) is 7.46. The molecule has 3 heteroatoms. The van der Waals surface area contributed by atoms with Crippen molar-refractivity contribution in [3.63, 3.8) is 0 Å². The lowest BCUT2D eigenvalue weighted by Crippen LogP contribution is -2.16. The standard InChI is InChI=1S/C17H21N3/c1-2-8-18-12-16-7-9-19-17(20-16)15-10-13-5-3-4-6-14(13)11-15/h3-7,9,15,18H,2,8,10-12H2,1H3. The fourth-order valence-corrected chi connectivity index (χ4v) is 2.84. The second-order valence-corrected chi connectivity index (χ2v) is 5.46. The molecule has 3 rings (SSSR count). The third kappa shape index (κ3) is 2.88. The Morgan fingerprint density at radius 2 is 1.90 bits per heavy atom. The van der Waals surface area contributed by atoms with E-state index >= 15 is 0 Å². The molecular formula is C17H21N3. The quantitative estimate of drug-likeness (QED) is 0.847. The molecule has 1 N–H and O–H groups in total. The summed E-state index contributed by atoms with van der Waals surface area (Å²) in [4.78, 5) is 9.23. The van der Waals surface area contributed by atoms with Crippen molar-refractivity contribution in [1.29, 1.82) is 0 Å². The Hall–Kier alpha value is -1.74. The van der Waals surface area contributed by atoms with Gasteiger partial charge in [0.25, 0.3) is 0 Å². The molecule has 1 aliphatic carbocycles. The molecule has 1 aliphatic rings. The molecule has 0 saturated carbocycles. The molecule has 1 aromatic carbocycles. The number of nitrogens with zero attached hydrogens (tertiary/aromatic N) is 2. The van der Waals surface area contributed by atoms with Crippen LogP contribution in [-0.2, 0) is 19.4 Å². The summed E-state index contributed by atoms with van der Waals surface area (Å²) in [7, 11) is 0. The number of nitrogens with one attached hydrogen (secondary N) is 1. The number of hydrogen-bond donors (Lipinski definition) is 1. The average Bonchev–Trinajstić information content (AvgIpc) is 2.92. The molecule has 0 saturated heterocycles. The lowest BCUT2D eigenvalue weighted by Gasteiger charge is -2.09. The summed E-state index contributed by atoms with van der Waals surface area (Å²) in [5.74, 6) is 1.44. The van der Waals surface area contributed by atoms with E-state index in [-0.39, 0.29) is 0 Å².